The molecule has 0 aromatic carbocycles. The van der Waals surface area contributed by atoms with Crippen LogP contribution in [0, 0.1) is 5.92 Å². The van der Waals surface area contributed by atoms with Crippen LogP contribution in [0.3, 0.4) is 0 Å². The topological polar surface area (TPSA) is 118 Å². The third-order valence-corrected chi connectivity index (χ3v) is 7.82. The zero-order valence-corrected chi connectivity index (χ0v) is 23.9. The van der Waals surface area contributed by atoms with Gasteiger partial charge in [0.25, 0.3) is 15.9 Å². The molecule has 1 atom stereocenters. The summed E-state index contributed by atoms with van der Waals surface area (Å²) in [6, 6.07) is 6.06. The van der Waals surface area contributed by atoms with Crippen molar-refractivity contribution in [1.29, 1.82) is 0 Å². The van der Waals surface area contributed by atoms with E-state index in [0.717, 1.165) is 43.5 Å². The third-order valence-electron chi connectivity index (χ3n) is 6.58. The van der Waals surface area contributed by atoms with Crippen LogP contribution in [0.15, 0.2) is 35.4 Å². The van der Waals surface area contributed by atoms with Gasteiger partial charge in [-0.05, 0) is 56.4 Å². The first-order valence-electron chi connectivity index (χ1n) is 12.9. The van der Waals surface area contributed by atoms with E-state index in [4.69, 9.17) is 10.7 Å². The zero-order chi connectivity index (χ0) is 27.6. The molecule has 1 saturated heterocycles. The number of unbranched alkanes of at least 4 members (excludes halogenated alkanes) is 2. The summed E-state index contributed by atoms with van der Waals surface area (Å²) in [4.78, 5) is 24.7. The quantitative estimate of drug-likeness (QED) is 0.447. The summed E-state index contributed by atoms with van der Waals surface area (Å²) < 4.78 is 28.3. The molecule has 2 aromatic rings. The fourth-order valence-electron chi connectivity index (χ4n) is 4.92. The van der Waals surface area contributed by atoms with E-state index in [-0.39, 0.29) is 27.4 Å². The van der Waals surface area contributed by atoms with Crippen LogP contribution in [0.5, 0.6) is 0 Å². The first kappa shape index (κ1) is 28.6. The molecule has 8 nitrogen and oxygen atoms in total. The van der Waals surface area contributed by atoms with Crippen molar-refractivity contribution in [3.05, 3.63) is 47.2 Å². The second kappa shape index (κ2) is 10.8. The Morgan fingerprint density at radius 2 is 1.97 bits per heavy atom. The Morgan fingerprint density at radius 1 is 1.27 bits per heavy atom. The number of sulfonamides is 1. The second-order valence-corrected chi connectivity index (χ2v) is 13.3. The Bertz CT molecular complexity index is 1280. The number of nitrogen functional groups attached to an aromatic ring is 1. The van der Waals surface area contributed by atoms with E-state index in [9.17, 15) is 13.2 Å². The standard InChI is InChI=1S/C28H41N5O3S/c1-8-9-10-11-13-20-16-21(26(34)32-37(35,36)23-15-12-14-22(29)30-23)25(31-24(20)27(3,4)5)33-18-19(2)17-28(33,6)7/h11-16,19H,8-10,17-18H2,1-7H3,(H2,29,30)(H,32,34)/t19-/m0/s1. The molecule has 3 heterocycles. The van der Waals surface area contributed by atoms with Crippen molar-refractivity contribution in [2.45, 2.75) is 90.1 Å². The van der Waals surface area contributed by atoms with E-state index in [0.29, 0.717) is 11.7 Å². The van der Waals surface area contributed by atoms with E-state index < -0.39 is 15.9 Å². The van der Waals surface area contributed by atoms with Crippen molar-refractivity contribution >= 4 is 33.6 Å². The van der Waals surface area contributed by atoms with Gasteiger partial charge in [0.1, 0.15) is 11.6 Å². The van der Waals surface area contributed by atoms with Gasteiger partial charge in [0.05, 0.1) is 11.3 Å². The van der Waals surface area contributed by atoms with Gasteiger partial charge in [-0.2, -0.15) is 8.42 Å². The molecule has 202 valence electrons. The Morgan fingerprint density at radius 3 is 2.54 bits per heavy atom. The first-order valence-corrected chi connectivity index (χ1v) is 14.4. The fraction of sp³-hybridized carbons (Fsp3) is 0.536. The van der Waals surface area contributed by atoms with E-state index in [2.05, 4.69) is 69.1 Å². The van der Waals surface area contributed by atoms with E-state index in [1.54, 1.807) is 6.07 Å². The van der Waals surface area contributed by atoms with Gasteiger partial charge in [-0.15, -0.1) is 0 Å². The lowest BCUT2D eigenvalue weighted by atomic mass is 9.87. The maximum absolute atomic E-state index is 13.6. The molecule has 3 N–H and O–H groups in total. The predicted molar refractivity (Wildman–Crippen MR) is 150 cm³/mol. The number of nitrogens with zero attached hydrogens (tertiary/aromatic N) is 3. The predicted octanol–water partition coefficient (Wildman–Crippen LogP) is 5.30. The van der Waals surface area contributed by atoms with Crippen molar-refractivity contribution in [2.75, 3.05) is 17.2 Å². The molecule has 0 radical (unpaired) electrons. The van der Waals surface area contributed by atoms with Crippen LogP contribution in [-0.2, 0) is 15.4 Å². The van der Waals surface area contributed by atoms with Crippen LogP contribution in [0.2, 0.25) is 0 Å². The highest BCUT2D eigenvalue weighted by molar-refractivity contribution is 7.90. The molecule has 1 amide bonds. The summed E-state index contributed by atoms with van der Waals surface area (Å²) in [6.45, 7) is 15.6. The number of amides is 1. The number of hydrogen-bond donors (Lipinski definition) is 2. The van der Waals surface area contributed by atoms with E-state index in [1.165, 1.54) is 18.2 Å². The SMILES string of the molecule is CCCCC=Cc1cc(C(=O)NS(=O)(=O)c2cccc(N)n2)c(N2C[C@@H](C)CC2(C)C)nc1C(C)(C)C. The minimum atomic E-state index is -4.24. The van der Waals surface area contributed by atoms with Crippen molar-refractivity contribution in [1.82, 2.24) is 14.7 Å². The Labute approximate surface area is 221 Å². The van der Waals surface area contributed by atoms with Crippen LogP contribution >= 0.6 is 0 Å². The highest BCUT2D eigenvalue weighted by Gasteiger charge is 2.40. The summed E-state index contributed by atoms with van der Waals surface area (Å²) in [6.07, 6.45) is 8.08. The lowest BCUT2D eigenvalue weighted by Gasteiger charge is -2.35. The lowest BCUT2D eigenvalue weighted by Crippen LogP contribution is -2.41. The molecular weight excluding hydrogens is 486 g/mol. The fourth-order valence-corrected chi connectivity index (χ4v) is 5.86. The molecule has 1 aliphatic heterocycles. The minimum absolute atomic E-state index is 0.0551. The largest absolute Gasteiger partial charge is 0.384 e. The maximum atomic E-state index is 13.6. The van der Waals surface area contributed by atoms with Gasteiger partial charge in [-0.1, -0.05) is 65.7 Å². The smallest absolute Gasteiger partial charge is 0.281 e. The molecule has 37 heavy (non-hydrogen) atoms. The highest BCUT2D eigenvalue weighted by atomic mass is 32.2. The average molecular weight is 528 g/mol. The summed E-state index contributed by atoms with van der Waals surface area (Å²) in [5, 5.41) is -0.309. The molecule has 0 aliphatic carbocycles. The summed E-state index contributed by atoms with van der Waals surface area (Å²) in [5.41, 5.74) is 7.03. The van der Waals surface area contributed by atoms with Gasteiger partial charge >= 0.3 is 0 Å². The molecule has 1 fully saturated rings. The van der Waals surface area contributed by atoms with Gasteiger partial charge in [0.2, 0.25) is 0 Å². The monoisotopic (exact) mass is 527 g/mol. The molecular formula is C28H41N5O3S. The van der Waals surface area contributed by atoms with Gasteiger partial charge in [0, 0.05) is 17.5 Å². The zero-order valence-electron chi connectivity index (χ0n) is 23.1. The van der Waals surface area contributed by atoms with Gasteiger partial charge in [0.15, 0.2) is 5.03 Å². The number of carbonyl (C=O) groups excluding carboxylic acids is 1. The number of hydrogen-bond acceptors (Lipinski definition) is 7. The van der Waals surface area contributed by atoms with Crippen LogP contribution in [0.1, 0.15) is 95.8 Å². The molecule has 9 heteroatoms. The number of nitrogens with one attached hydrogen (secondary N) is 1. The number of pyridine rings is 2. The Kier molecular flexibility index (Phi) is 8.37. The summed E-state index contributed by atoms with van der Waals surface area (Å²) >= 11 is 0. The van der Waals surface area contributed by atoms with E-state index >= 15 is 0 Å². The summed E-state index contributed by atoms with van der Waals surface area (Å²) in [7, 11) is -4.24. The molecule has 1 aliphatic rings. The number of allylic oxidation sites excluding steroid dienone is 1. The van der Waals surface area contributed by atoms with Crippen LogP contribution in [0.4, 0.5) is 11.6 Å². The van der Waals surface area contributed by atoms with Gasteiger partial charge < -0.3 is 10.6 Å². The molecule has 0 saturated carbocycles. The molecule has 2 aromatic heterocycles. The van der Waals surface area contributed by atoms with Crippen LogP contribution < -0.4 is 15.4 Å². The number of aromatic nitrogens is 2. The Hall–Kier alpha value is -2.94. The van der Waals surface area contributed by atoms with Crippen molar-refractivity contribution < 1.29 is 13.2 Å². The first-order chi connectivity index (χ1) is 17.2. The van der Waals surface area contributed by atoms with Crippen molar-refractivity contribution in [3.63, 3.8) is 0 Å². The van der Waals surface area contributed by atoms with Gasteiger partial charge in [-0.25, -0.2) is 14.7 Å². The third kappa shape index (κ3) is 6.69. The van der Waals surface area contributed by atoms with Crippen LogP contribution in [0.25, 0.3) is 6.08 Å². The number of nitrogens with two attached hydrogens (primary N) is 1. The number of rotatable bonds is 8. The molecule has 3 rings (SSSR count). The molecule has 0 unspecified atom stereocenters. The van der Waals surface area contributed by atoms with Crippen molar-refractivity contribution in [2.24, 2.45) is 5.92 Å². The highest BCUT2D eigenvalue weighted by Crippen LogP contribution is 2.39. The maximum Gasteiger partial charge on any atom is 0.281 e. The normalized spacial score (nSPS) is 17.9. The molecule has 0 spiro atoms. The number of carbonyl (C=O) groups is 1. The number of anilines is 2. The second-order valence-electron chi connectivity index (χ2n) is 11.7. The average Bonchev–Trinajstić information content (AvgIpc) is 3.06. The summed E-state index contributed by atoms with van der Waals surface area (Å²) in [5.74, 6) is 0.211. The Balaban J connectivity index is 2.17. The minimum Gasteiger partial charge on any atom is -0.384 e. The van der Waals surface area contributed by atoms with E-state index in [1.807, 2.05) is 6.08 Å². The van der Waals surface area contributed by atoms with Crippen LogP contribution in [-0.4, -0.2) is 36.4 Å². The van der Waals surface area contributed by atoms with Gasteiger partial charge in [-0.3, -0.25) is 4.79 Å². The lowest BCUT2D eigenvalue weighted by molar-refractivity contribution is 0.0981. The van der Waals surface area contributed by atoms with Crippen molar-refractivity contribution in [3.8, 4) is 0 Å². The molecule has 0 bridgehead atoms.